The molecule has 3 aromatic rings. The molecular weight excluding hydrogens is 343 g/mol. The number of ether oxygens (including phenoxy) is 1. The van der Waals surface area contributed by atoms with Crippen molar-refractivity contribution in [2.24, 2.45) is 0 Å². The fourth-order valence-corrected chi connectivity index (χ4v) is 3.42. The summed E-state index contributed by atoms with van der Waals surface area (Å²) in [5, 5.41) is 4.43. The minimum Gasteiger partial charge on any atom is -0.377 e. The first-order valence-corrected chi connectivity index (χ1v) is 9.29. The molecule has 0 saturated carbocycles. The molecule has 140 valence electrons. The molecule has 1 atom stereocenters. The third-order valence-corrected chi connectivity index (χ3v) is 4.73. The summed E-state index contributed by atoms with van der Waals surface area (Å²) in [6.07, 6.45) is 8.20. The number of hydrogen-bond donors (Lipinski definition) is 0. The summed E-state index contributed by atoms with van der Waals surface area (Å²) in [6, 6.07) is 12.3. The maximum atomic E-state index is 13.1. The first-order valence-electron chi connectivity index (χ1n) is 9.29. The monoisotopic (exact) mass is 366 g/mol. The van der Waals surface area contributed by atoms with Crippen LogP contribution in [0.25, 0.3) is 5.69 Å². The molecule has 5 nitrogen and oxygen atoms in total. The van der Waals surface area contributed by atoms with Gasteiger partial charge in [0.15, 0.2) is 0 Å². The number of hydrogen-bond acceptors (Lipinski definition) is 4. The Balaban J connectivity index is 1.47. The lowest BCUT2D eigenvalue weighted by atomic mass is 10.2. The highest BCUT2D eigenvalue weighted by molar-refractivity contribution is 5.31. The fraction of sp³-hybridized carbons (Fsp3) is 0.333. The van der Waals surface area contributed by atoms with E-state index in [0.29, 0.717) is 0 Å². The van der Waals surface area contributed by atoms with Crippen LogP contribution in [0.5, 0.6) is 0 Å². The van der Waals surface area contributed by atoms with E-state index in [9.17, 15) is 4.39 Å². The highest BCUT2D eigenvalue weighted by atomic mass is 19.1. The van der Waals surface area contributed by atoms with Gasteiger partial charge in [-0.3, -0.25) is 9.88 Å². The van der Waals surface area contributed by atoms with E-state index in [4.69, 9.17) is 4.74 Å². The van der Waals surface area contributed by atoms with E-state index in [0.717, 1.165) is 56.0 Å². The van der Waals surface area contributed by atoms with Crippen LogP contribution in [0.15, 0.2) is 61.1 Å². The van der Waals surface area contributed by atoms with Gasteiger partial charge in [-0.1, -0.05) is 6.07 Å². The Kier molecular flexibility index (Phi) is 5.55. The van der Waals surface area contributed by atoms with Crippen LogP contribution < -0.4 is 0 Å². The molecule has 6 heteroatoms. The van der Waals surface area contributed by atoms with Gasteiger partial charge in [0.05, 0.1) is 23.7 Å². The molecule has 1 fully saturated rings. The van der Waals surface area contributed by atoms with Crippen LogP contribution in [0.1, 0.15) is 24.1 Å². The lowest BCUT2D eigenvalue weighted by molar-refractivity contribution is 0.0675. The molecule has 1 aliphatic heterocycles. The van der Waals surface area contributed by atoms with E-state index < -0.39 is 0 Å². The Morgan fingerprint density at radius 3 is 2.78 bits per heavy atom. The van der Waals surface area contributed by atoms with E-state index in [1.165, 1.54) is 12.1 Å². The molecule has 0 N–H and O–H groups in total. The summed E-state index contributed by atoms with van der Waals surface area (Å²) in [7, 11) is 0. The molecule has 0 amide bonds. The zero-order chi connectivity index (χ0) is 18.5. The molecule has 0 spiro atoms. The number of pyridine rings is 1. The highest BCUT2D eigenvalue weighted by Gasteiger charge is 2.20. The molecule has 27 heavy (non-hydrogen) atoms. The molecule has 1 aromatic carbocycles. The Labute approximate surface area is 158 Å². The summed E-state index contributed by atoms with van der Waals surface area (Å²) in [5.41, 5.74) is 2.99. The van der Waals surface area contributed by atoms with Gasteiger partial charge in [-0.05, 0) is 49.2 Å². The summed E-state index contributed by atoms with van der Waals surface area (Å²) in [5.74, 6) is -0.246. The van der Waals surface area contributed by atoms with Gasteiger partial charge < -0.3 is 4.74 Å². The van der Waals surface area contributed by atoms with Gasteiger partial charge in [-0.25, -0.2) is 9.07 Å². The SMILES string of the molecule is Fc1ccc(-n2cc(CN(Cc3ccccn3)C[C@@H]3CCCO3)cn2)cc1. The van der Waals surface area contributed by atoms with E-state index in [2.05, 4.69) is 15.0 Å². The van der Waals surface area contributed by atoms with Crippen molar-refractivity contribution in [2.75, 3.05) is 13.2 Å². The highest BCUT2D eigenvalue weighted by Crippen LogP contribution is 2.17. The van der Waals surface area contributed by atoms with Crippen molar-refractivity contribution < 1.29 is 9.13 Å². The van der Waals surface area contributed by atoms with Crippen molar-refractivity contribution in [1.82, 2.24) is 19.7 Å². The van der Waals surface area contributed by atoms with Gasteiger partial charge in [0.25, 0.3) is 0 Å². The third-order valence-electron chi connectivity index (χ3n) is 4.73. The average molecular weight is 366 g/mol. The minimum atomic E-state index is -0.246. The number of rotatable bonds is 7. The lowest BCUT2D eigenvalue weighted by Crippen LogP contribution is -2.31. The number of benzene rings is 1. The molecule has 4 rings (SSSR count). The predicted molar refractivity (Wildman–Crippen MR) is 101 cm³/mol. The van der Waals surface area contributed by atoms with E-state index in [1.807, 2.05) is 36.8 Å². The number of halogens is 1. The molecule has 0 bridgehead atoms. The number of aromatic nitrogens is 3. The Morgan fingerprint density at radius 2 is 2.04 bits per heavy atom. The summed E-state index contributed by atoms with van der Waals surface area (Å²) < 4.78 is 20.7. The zero-order valence-electron chi connectivity index (χ0n) is 15.2. The van der Waals surface area contributed by atoms with Crippen LogP contribution in [0, 0.1) is 5.82 Å². The molecule has 3 heterocycles. The lowest BCUT2D eigenvalue weighted by Gasteiger charge is -2.24. The molecular formula is C21H23FN4O. The molecule has 0 aliphatic carbocycles. The maximum Gasteiger partial charge on any atom is 0.123 e. The quantitative estimate of drug-likeness (QED) is 0.641. The second-order valence-electron chi connectivity index (χ2n) is 6.90. The largest absolute Gasteiger partial charge is 0.377 e. The Hall–Kier alpha value is -2.57. The molecule has 0 unspecified atom stereocenters. The van der Waals surface area contributed by atoms with E-state index >= 15 is 0 Å². The smallest absolute Gasteiger partial charge is 0.123 e. The second kappa shape index (κ2) is 8.41. The minimum absolute atomic E-state index is 0.246. The maximum absolute atomic E-state index is 13.1. The standard InChI is InChI=1S/C21H23FN4O/c22-18-6-8-20(9-7-18)26-14-17(12-24-26)13-25(16-21-5-3-11-27-21)15-19-4-1-2-10-23-19/h1-2,4,6-10,12,14,21H,3,5,11,13,15-16H2/t21-/m0/s1. The fourth-order valence-electron chi connectivity index (χ4n) is 3.42. The van der Waals surface area contributed by atoms with Gasteiger partial charge in [0.2, 0.25) is 0 Å². The van der Waals surface area contributed by atoms with Crippen LogP contribution in [-0.4, -0.2) is 38.9 Å². The van der Waals surface area contributed by atoms with Crippen molar-refractivity contribution in [1.29, 1.82) is 0 Å². The molecule has 2 aromatic heterocycles. The van der Waals surface area contributed by atoms with Gasteiger partial charge in [-0.15, -0.1) is 0 Å². The second-order valence-corrected chi connectivity index (χ2v) is 6.90. The Bertz CT molecular complexity index is 844. The predicted octanol–water partition coefficient (Wildman–Crippen LogP) is 3.59. The van der Waals surface area contributed by atoms with Gasteiger partial charge in [0.1, 0.15) is 5.82 Å². The Morgan fingerprint density at radius 1 is 1.15 bits per heavy atom. The first kappa shape index (κ1) is 17.8. The zero-order valence-corrected chi connectivity index (χ0v) is 15.2. The summed E-state index contributed by atoms with van der Waals surface area (Å²) in [4.78, 5) is 6.81. The van der Waals surface area contributed by atoms with Crippen LogP contribution in [0.4, 0.5) is 4.39 Å². The molecule has 1 saturated heterocycles. The summed E-state index contributed by atoms with van der Waals surface area (Å²) >= 11 is 0. The summed E-state index contributed by atoms with van der Waals surface area (Å²) in [6.45, 7) is 3.25. The number of nitrogens with zero attached hydrogens (tertiary/aromatic N) is 4. The average Bonchev–Trinajstić information content (AvgIpc) is 3.35. The van der Waals surface area contributed by atoms with E-state index in [-0.39, 0.29) is 11.9 Å². The van der Waals surface area contributed by atoms with Crippen LogP contribution in [0.2, 0.25) is 0 Å². The first-order chi connectivity index (χ1) is 13.3. The third kappa shape index (κ3) is 4.78. The van der Waals surface area contributed by atoms with Crippen LogP contribution >= 0.6 is 0 Å². The van der Waals surface area contributed by atoms with Crippen molar-refractivity contribution in [3.05, 3.63) is 78.1 Å². The van der Waals surface area contributed by atoms with Crippen molar-refractivity contribution in [3.8, 4) is 5.69 Å². The van der Waals surface area contributed by atoms with Crippen LogP contribution in [-0.2, 0) is 17.8 Å². The van der Waals surface area contributed by atoms with Crippen molar-refractivity contribution in [2.45, 2.75) is 32.0 Å². The van der Waals surface area contributed by atoms with E-state index in [1.54, 1.807) is 16.8 Å². The van der Waals surface area contributed by atoms with Gasteiger partial charge >= 0.3 is 0 Å². The van der Waals surface area contributed by atoms with Gasteiger partial charge in [0, 0.05) is 44.2 Å². The van der Waals surface area contributed by atoms with Gasteiger partial charge in [-0.2, -0.15) is 5.10 Å². The normalized spacial score (nSPS) is 16.9. The topological polar surface area (TPSA) is 43.2 Å². The van der Waals surface area contributed by atoms with Crippen molar-refractivity contribution >= 4 is 0 Å². The van der Waals surface area contributed by atoms with Crippen molar-refractivity contribution in [3.63, 3.8) is 0 Å². The molecule has 1 aliphatic rings. The van der Waals surface area contributed by atoms with Crippen LogP contribution in [0.3, 0.4) is 0 Å². The molecule has 0 radical (unpaired) electrons.